The summed E-state index contributed by atoms with van der Waals surface area (Å²) in [5.41, 5.74) is 2.40. The lowest BCUT2D eigenvalue weighted by Gasteiger charge is -2.60. The van der Waals surface area contributed by atoms with Crippen molar-refractivity contribution >= 4 is 0 Å². The van der Waals surface area contributed by atoms with Gasteiger partial charge in [-0.3, -0.25) is 0 Å². The summed E-state index contributed by atoms with van der Waals surface area (Å²) in [7, 11) is 0. The molecule has 1 heterocycles. The number of ether oxygens (including phenoxy) is 1. The molecule has 1 aliphatic heterocycles. The van der Waals surface area contributed by atoms with Gasteiger partial charge in [-0.1, -0.05) is 40.2 Å². The lowest BCUT2D eigenvalue weighted by atomic mass is 9.45. The molecule has 22 heavy (non-hydrogen) atoms. The van der Waals surface area contributed by atoms with Crippen LogP contribution in [0.2, 0.25) is 0 Å². The molecular weight excluding hydrogens is 272 g/mol. The van der Waals surface area contributed by atoms with Crippen molar-refractivity contribution in [2.24, 2.45) is 28.1 Å². The van der Waals surface area contributed by atoms with Crippen LogP contribution in [0.25, 0.3) is 0 Å². The van der Waals surface area contributed by atoms with Crippen molar-refractivity contribution in [3.8, 4) is 0 Å². The van der Waals surface area contributed by atoms with E-state index in [-0.39, 0.29) is 17.6 Å². The second-order valence-corrected chi connectivity index (χ2v) is 9.67. The molecule has 2 saturated carbocycles. The Balaban J connectivity index is 1.73. The van der Waals surface area contributed by atoms with Gasteiger partial charge in [0.2, 0.25) is 0 Å². The molecule has 4 aliphatic rings. The second-order valence-electron chi connectivity index (χ2n) is 9.67. The Hall–Kier alpha value is -0.340. The smallest absolute Gasteiger partial charge is 0.0868 e. The molecule has 3 aliphatic carbocycles. The quantitative estimate of drug-likeness (QED) is 0.675. The predicted molar refractivity (Wildman–Crippen MR) is 88.5 cm³/mol. The van der Waals surface area contributed by atoms with Crippen LogP contribution < -0.4 is 0 Å². The lowest BCUT2D eigenvalue weighted by molar-refractivity contribution is -0.0729. The maximum Gasteiger partial charge on any atom is 0.0868 e. The van der Waals surface area contributed by atoms with Crippen molar-refractivity contribution in [3.05, 3.63) is 11.6 Å². The molecule has 4 rings (SSSR count). The standard InChI is InChI=1S/C20H32O2/c1-18(2)9-5-10-19(3)14-8-11-20(4)16(21)12-22-17(20)13(14)6-7-15(18)19/h6,14-17,21H,5,7-12H2,1-4H3/t14-,15-,16-,17+,19+,20+/m0/s1. The van der Waals surface area contributed by atoms with E-state index in [0.717, 1.165) is 12.3 Å². The van der Waals surface area contributed by atoms with Crippen LogP contribution in [-0.2, 0) is 4.74 Å². The van der Waals surface area contributed by atoms with Gasteiger partial charge in [-0.25, -0.2) is 0 Å². The fourth-order valence-corrected chi connectivity index (χ4v) is 6.71. The molecule has 1 saturated heterocycles. The highest BCUT2D eigenvalue weighted by Gasteiger charge is 2.60. The number of allylic oxidation sites excluding steroid dienone is 1. The van der Waals surface area contributed by atoms with Crippen LogP contribution >= 0.6 is 0 Å². The summed E-state index contributed by atoms with van der Waals surface area (Å²) in [6.07, 6.45) is 10.1. The van der Waals surface area contributed by atoms with Gasteiger partial charge in [-0.2, -0.15) is 0 Å². The van der Waals surface area contributed by atoms with Gasteiger partial charge in [0, 0.05) is 5.41 Å². The SMILES string of the molecule is CC1(C)CCC[C@]2(C)[C@H]3CC[C@@]4(C)[C@H](OC[C@@H]4O)C3=CC[C@@H]12. The van der Waals surface area contributed by atoms with Gasteiger partial charge < -0.3 is 9.84 Å². The molecule has 1 N–H and O–H groups in total. The van der Waals surface area contributed by atoms with E-state index in [1.807, 2.05) is 0 Å². The van der Waals surface area contributed by atoms with E-state index in [2.05, 4.69) is 33.8 Å². The van der Waals surface area contributed by atoms with Crippen molar-refractivity contribution in [1.29, 1.82) is 0 Å². The first-order valence-corrected chi connectivity index (χ1v) is 9.29. The molecule has 2 heteroatoms. The zero-order chi connectivity index (χ0) is 15.8. The highest BCUT2D eigenvalue weighted by atomic mass is 16.5. The third-order valence-electron chi connectivity index (χ3n) is 8.12. The molecule has 6 atom stereocenters. The average molecular weight is 304 g/mol. The first-order chi connectivity index (χ1) is 10.3. The maximum atomic E-state index is 10.4. The zero-order valence-electron chi connectivity index (χ0n) is 14.7. The van der Waals surface area contributed by atoms with Crippen molar-refractivity contribution in [2.45, 2.75) is 78.4 Å². The summed E-state index contributed by atoms with van der Waals surface area (Å²) < 4.78 is 6.10. The number of rotatable bonds is 0. The van der Waals surface area contributed by atoms with Crippen LogP contribution in [0.5, 0.6) is 0 Å². The highest BCUT2D eigenvalue weighted by molar-refractivity contribution is 5.29. The van der Waals surface area contributed by atoms with Crippen molar-refractivity contribution in [2.75, 3.05) is 6.61 Å². The molecule has 2 nitrogen and oxygen atoms in total. The van der Waals surface area contributed by atoms with E-state index in [4.69, 9.17) is 4.74 Å². The molecule has 0 radical (unpaired) electrons. The van der Waals surface area contributed by atoms with E-state index >= 15 is 0 Å². The van der Waals surface area contributed by atoms with Gasteiger partial charge in [0.1, 0.15) is 0 Å². The minimum Gasteiger partial charge on any atom is -0.390 e. The number of hydrogen-bond acceptors (Lipinski definition) is 2. The number of hydrogen-bond donors (Lipinski definition) is 1. The average Bonchev–Trinajstić information content (AvgIpc) is 2.74. The van der Waals surface area contributed by atoms with Crippen molar-refractivity contribution < 1.29 is 9.84 Å². The Labute approximate surface area is 135 Å². The van der Waals surface area contributed by atoms with E-state index in [9.17, 15) is 5.11 Å². The Kier molecular flexibility index (Phi) is 3.18. The van der Waals surface area contributed by atoms with E-state index in [1.54, 1.807) is 5.57 Å². The molecule has 124 valence electrons. The topological polar surface area (TPSA) is 29.5 Å². The minimum atomic E-state index is -0.285. The summed E-state index contributed by atoms with van der Waals surface area (Å²) in [4.78, 5) is 0. The minimum absolute atomic E-state index is 0.0459. The van der Waals surface area contributed by atoms with Crippen LogP contribution in [0.15, 0.2) is 11.6 Å². The first-order valence-electron chi connectivity index (χ1n) is 9.29. The van der Waals surface area contributed by atoms with Crippen LogP contribution in [0.1, 0.15) is 66.2 Å². The molecule has 3 fully saturated rings. The van der Waals surface area contributed by atoms with Gasteiger partial charge in [-0.15, -0.1) is 0 Å². The highest BCUT2D eigenvalue weighted by Crippen LogP contribution is 2.64. The Morgan fingerprint density at radius 2 is 1.86 bits per heavy atom. The third-order valence-corrected chi connectivity index (χ3v) is 8.12. The second kappa shape index (κ2) is 4.60. The van der Waals surface area contributed by atoms with Gasteiger partial charge in [0.05, 0.1) is 18.8 Å². The molecule has 0 amide bonds. The number of aliphatic hydroxyl groups is 1. The molecular formula is C20H32O2. The fourth-order valence-electron chi connectivity index (χ4n) is 6.71. The van der Waals surface area contributed by atoms with Crippen molar-refractivity contribution in [3.63, 3.8) is 0 Å². The maximum absolute atomic E-state index is 10.4. The fraction of sp³-hybridized carbons (Fsp3) is 0.900. The van der Waals surface area contributed by atoms with Gasteiger partial charge >= 0.3 is 0 Å². The van der Waals surface area contributed by atoms with E-state index in [0.29, 0.717) is 23.4 Å². The summed E-state index contributed by atoms with van der Waals surface area (Å²) >= 11 is 0. The number of fused-ring (bicyclic) bond motifs is 5. The number of aliphatic hydroxyl groups excluding tert-OH is 1. The molecule has 0 aromatic heterocycles. The molecule has 0 spiro atoms. The lowest BCUT2D eigenvalue weighted by Crippen LogP contribution is -2.54. The van der Waals surface area contributed by atoms with Crippen LogP contribution in [0.4, 0.5) is 0 Å². The molecule has 0 unspecified atom stereocenters. The molecule has 0 aromatic rings. The van der Waals surface area contributed by atoms with E-state index < -0.39 is 0 Å². The summed E-state index contributed by atoms with van der Waals surface area (Å²) in [5.74, 6) is 1.48. The Morgan fingerprint density at radius 3 is 2.64 bits per heavy atom. The third kappa shape index (κ3) is 1.80. The van der Waals surface area contributed by atoms with Crippen LogP contribution in [-0.4, -0.2) is 23.9 Å². The normalized spacial score (nSPS) is 53.2. The summed E-state index contributed by atoms with van der Waals surface area (Å²) in [6.45, 7) is 10.3. The summed E-state index contributed by atoms with van der Waals surface area (Å²) in [5, 5.41) is 10.4. The Morgan fingerprint density at radius 1 is 1.09 bits per heavy atom. The monoisotopic (exact) mass is 304 g/mol. The largest absolute Gasteiger partial charge is 0.390 e. The predicted octanol–water partition coefficient (Wildman–Crippen LogP) is 4.33. The van der Waals surface area contributed by atoms with E-state index in [1.165, 1.54) is 32.1 Å². The van der Waals surface area contributed by atoms with Gasteiger partial charge in [0.15, 0.2) is 0 Å². The molecule has 0 bridgehead atoms. The van der Waals surface area contributed by atoms with Crippen LogP contribution in [0.3, 0.4) is 0 Å². The van der Waals surface area contributed by atoms with Crippen molar-refractivity contribution in [1.82, 2.24) is 0 Å². The summed E-state index contributed by atoms with van der Waals surface area (Å²) in [6, 6.07) is 0. The molecule has 0 aromatic carbocycles. The zero-order valence-corrected chi connectivity index (χ0v) is 14.7. The van der Waals surface area contributed by atoms with Gasteiger partial charge in [-0.05, 0) is 60.3 Å². The first kappa shape index (κ1) is 15.2. The van der Waals surface area contributed by atoms with Gasteiger partial charge in [0.25, 0.3) is 0 Å². The van der Waals surface area contributed by atoms with Crippen LogP contribution in [0, 0.1) is 28.1 Å². The Bertz CT molecular complexity index is 508.